The van der Waals surface area contributed by atoms with Crippen molar-refractivity contribution in [1.82, 2.24) is 4.90 Å². The summed E-state index contributed by atoms with van der Waals surface area (Å²) in [5, 5.41) is 19.9. The van der Waals surface area contributed by atoms with Gasteiger partial charge in [0.2, 0.25) is 0 Å². The number of rotatable bonds is 6. The zero-order valence-electron chi connectivity index (χ0n) is 15.4. The SMILES string of the molecule is C[C@@H](CN1CCC(Cc2ccccc2)CC1)[C@@H](O)c1ccc(O)cc1.Cl. The minimum Gasteiger partial charge on any atom is -0.508 e. The first kappa shape index (κ1) is 20.8. The summed E-state index contributed by atoms with van der Waals surface area (Å²) in [4.78, 5) is 2.48. The van der Waals surface area contributed by atoms with E-state index in [9.17, 15) is 10.2 Å². The Morgan fingerprint density at radius 3 is 2.23 bits per heavy atom. The third-order valence-corrected chi connectivity index (χ3v) is 5.39. The van der Waals surface area contributed by atoms with Crippen LogP contribution in [-0.2, 0) is 6.42 Å². The van der Waals surface area contributed by atoms with E-state index in [-0.39, 0.29) is 24.1 Å². The molecule has 0 amide bonds. The topological polar surface area (TPSA) is 43.7 Å². The fourth-order valence-corrected chi connectivity index (χ4v) is 3.83. The number of benzene rings is 2. The molecule has 2 aromatic rings. The highest BCUT2D eigenvalue weighted by Crippen LogP contribution is 2.27. The van der Waals surface area contributed by atoms with E-state index in [0.717, 1.165) is 31.1 Å². The van der Waals surface area contributed by atoms with E-state index in [0.29, 0.717) is 0 Å². The van der Waals surface area contributed by atoms with Crippen molar-refractivity contribution >= 4 is 12.4 Å². The van der Waals surface area contributed by atoms with Crippen LogP contribution in [-0.4, -0.2) is 34.7 Å². The molecule has 0 unspecified atom stereocenters. The van der Waals surface area contributed by atoms with Crippen LogP contribution in [0.25, 0.3) is 0 Å². The number of phenols is 1. The van der Waals surface area contributed by atoms with Crippen LogP contribution in [0.1, 0.15) is 37.0 Å². The molecular weight excluding hydrogens is 346 g/mol. The second-order valence-corrected chi connectivity index (χ2v) is 7.45. The Morgan fingerprint density at radius 1 is 1.00 bits per heavy atom. The van der Waals surface area contributed by atoms with Crippen LogP contribution in [0.4, 0.5) is 0 Å². The van der Waals surface area contributed by atoms with Crippen molar-refractivity contribution in [3.63, 3.8) is 0 Å². The lowest BCUT2D eigenvalue weighted by Gasteiger charge is -2.34. The van der Waals surface area contributed by atoms with Gasteiger partial charge in [-0.05, 0) is 67.4 Å². The molecule has 26 heavy (non-hydrogen) atoms. The van der Waals surface area contributed by atoms with Gasteiger partial charge in [-0.3, -0.25) is 0 Å². The highest BCUT2D eigenvalue weighted by molar-refractivity contribution is 5.85. The maximum atomic E-state index is 10.5. The van der Waals surface area contributed by atoms with Crippen LogP contribution in [0.3, 0.4) is 0 Å². The van der Waals surface area contributed by atoms with Gasteiger partial charge in [0.1, 0.15) is 5.75 Å². The predicted molar refractivity (Wildman–Crippen MR) is 109 cm³/mol. The summed E-state index contributed by atoms with van der Waals surface area (Å²) in [7, 11) is 0. The van der Waals surface area contributed by atoms with E-state index in [2.05, 4.69) is 42.2 Å². The number of halogens is 1. The normalized spacial score (nSPS) is 18.1. The van der Waals surface area contributed by atoms with E-state index in [1.165, 1.54) is 24.8 Å². The molecule has 0 spiro atoms. The number of hydrogen-bond donors (Lipinski definition) is 2. The highest BCUT2D eigenvalue weighted by Gasteiger charge is 2.24. The first-order chi connectivity index (χ1) is 12.1. The minimum absolute atomic E-state index is 0. The summed E-state index contributed by atoms with van der Waals surface area (Å²) in [5.41, 5.74) is 2.32. The van der Waals surface area contributed by atoms with E-state index in [1.54, 1.807) is 12.1 Å². The molecular formula is C22H30ClNO2. The Balaban J connectivity index is 0.00000243. The van der Waals surface area contributed by atoms with Gasteiger partial charge in [0.05, 0.1) is 6.10 Å². The van der Waals surface area contributed by atoms with Gasteiger partial charge in [-0.25, -0.2) is 0 Å². The minimum atomic E-state index is -0.484. The third kappa shape index (κ3) is 5.73. The molecule has 0 aliphatic carbocycles. The van der Waals surface area contributed by atoms with Crippen molar-refractivity contribution < 1.29 is 10.2 Å². The first-order valence-electron chi connectivity index (χ1n) is 9.35. The lowest BCUT2D eigenvalue weighted by molar-refractivity contribution is 0.0752. The average Bonchev–Trinajstić information content (AvgIpc) is 2.64. The second kappa shape index (κ2) is 9.96. The molecule has 1 aliphatic rings. The summed E-state index contributed by atoms with van der Waals surface area (Å²) in [6, 6.07) is 17.7. The van der Waals surface area contributed by atoms with Crippen LogP contribution in [0, 0.1) is 11.8 Å². The molecule has 2 N–H and O–H groups in total. The summed E-state index contributed by atoms with van der Waals surface area (Å²) in [6.45, 7) is 5.25. The largest absolute Gasteiger partial charge is 0.508 e. The summed E-state index contributed by atoms with van der Waals surface area (Å²) in [6.07, 6.45) is 3.16. The van der Waals surface area contributed by atoms with Crippen LogP contribution in [0.5, 0.6) is 5.75 Å². The van der Waals surface area contributed by atoms with Gasteiger partial charge in [-0.2, -0.15) is 0 Å². The van der Waals surface area contributed by atoms with Crippen LogP contribution >= 0.6 is 12.4 Å². The fraction of sp³-hybridized carbons (Fsp3) is 0.455. The molecule has 1 fully saturated rings. The number of aliphatic hydroxyl groups is 1. The molecule has 4 heteroatoms. The Hall–Kier alpha value is -1.55. The maximum Gasteiger partial charge on any atom is 0.115 e. The second-order valence-electron chi connectivity index (χ2n) is 7.45. The first-order valence-corrected chi connectivity index (χ1v) is 9.35. The van der Waals surface area contributed by atoms with Crippen molar-refractivity contribution in [3.8, 4) is 5.75 Å². The summed E-state index contributed by atoms with van der Waals surface area (Å²) < 4.78 is 0. The van der Waals surface area contributed by atoms with E-state index in [4.69, 9.17) is 0 Å². The zero-order valence-corrected chi connectivity index (χ0v) is 16.2. The van der Waals surface area contributed by atoms with Gasteiger partial charge < -0.3 is 15.1 Å². The Kier molecular flexibility index (Phi) is 7.95. The monoisotopic (exact) mass is 375 g/mol. The Morgan fingerprint density at radius 2 is 1.62 bits per heavy atom. The van der Waals surface area contributed by atoms with Crippen molar-refractivity contribution in [1.29, 1.82) is 0 Å². The van der Waals surface area contributed by atoms with E-state index in [1.807, 2.05) is 12.1 Å². The number of likely N-dealkylation sites (tertiary alicyclic amines) is 1. The number of aliphatic hydroxyl groups excluding tert-OH is 1. The molecule has 1 saturated heterocycles. The van der Waals surface area contributed by atoms with E-state index >= 15 is 0 Å². The molecule has 142 valence electrons. The molecule has 1 heterocycles. The van der Waals surface area contributed by atoms with Crippen molar-refractivity contribution in [2.75, 3.05) is 19.6 Å². The predicted octanol–water partition coefficient (Wildman–Crippen LogP) is 4.44. The number of phenolic OH excluding ortho intramolecular Hbond substituents is 1. The molecule has 0 radical (unpaired) electrons. The standard InChI is InChI=1S/C22H29NO2.ClH/c1-17(22(25)20-7-9-21(24)10-8-20)16-23-13-11-19(12-14-23)15-18-5-3-2-4-6-18;/h2-10,17,19,22,24-25H,11-16H2,1H3;1H/t17-,22+;/m0./s1. The van der Waals surface area contributed by atoms with Crippen molar-refractivity contribution in [3.05, 3.63) is 65.7 Å². The van der Waals surface area contributed by atoms with Crippen LogP contribution in [0.15, 0.2) is 54.6 Å². The van der Waals surface area contributed by atoms with Crippen LogP contribution < -0.4 is 0 Å². The maximum absolute atomic E-state index is 10.5. The molecule has 3 nitrogen and oxygen atoms in total. The van der Waals surface area contributed by atoms with Crippen molar-refractivity contribution in [2.45, 2.75) is 32.3 Å². The summed E-state index contributed by atoms with van der Waals surface area (Å²) in [5.74, 6) is 1.19. The highest BCUT2D eigenvalue weighted by atomic mass is 35.5. The van der Waals surface area contributed by atoms with E-state index < -0.39 is 6.10 Å². The Bertz CT molecular complexity index is 639. The summed E-state index contributed by atoms with van der Waals surface area (Å²) >= 11 is 0. The molecule has 2 atom stereocenters. The van der Waals surface area contributed by atoms with Crippen molar-refractivity contribution in [2.24, 2.45) is 11.8 Å². The number of hydrogen-bond acceptors (Lipinski definition) is 3. The van der Waals surface area contributed by atoms with Gasteiger partial charge in [-0.1, -0.05) is 49.4 Å². The Labute approximate surface area is 163 Å². The zero-order chi connectivity index (χ0) is 17.6. The molecule has 0 saturated carbocycles. The van der Waals surface area contributed by atoms with Gasteiger partial charge in [0, 0.05) is 6.54 Å². The number of piperidine rings is 1. The van der Waals surface area contributed by atoms with Gasteiger partial charge in [0.15, 0.2) is 0 Å². The molecule has 3 rings (SSSR count). The number of nitrogens with zero attached hydrogens (tertiary/aromatic N) is 1. The lowest BCUT2D eigenvalue weighted by atomic mass is 9.89. The average molecular weight is 376 g/mol. The van der Waals surface area contributed by atoms with Gasteiger partial charge >= 0.3 is 0 Å². The lowest BCUT2D eigenvalue weighted by Crippen LogP contribution is -2.38. The molecule has 1 aliphatic heterocycles. The van der Waals surface area contributed by atoms with Crippen LogP contribution in [0.2, 0.25) is 0 Å². The van der Waals surface area contributed by atoms with Gasteiger partial charge in [-0.15, -0.1) is 12.4 Å². The number of aromatic hydroxyl groups is 1. The molecule has 0 aromatic heterocycles. The quantitative estimate of drug-likeness (QED) is 0.784. The molecule has 0 bridgehead atoms. The third-order valence-electron chi connectivity index (χ3n) is 5.39. The van der Waals surface area contributed by atoms with Gasteiger partial charge in [0.25, 0.3) is 0 Å². The smallest absolute Gasteiger partial charge is 0.115 e. The molecule has 2 aromatic carbocycles. The fourth-order valence-electron chi connectivity index (χ4n) is 3.83.